The number of likely N-dealkylation sites (N-methyl/N-ethyl adjacent to an activating group) is 1. The van der Waals surface area contributed by atoms with Crippen molar-refractivity contribution in [1.82, 2.24) is 4.90 Å². The van der Waals surface area contributed by atoms with Gasteiger partial charge in [0.2, 0.25) is 0 Å². The molecule has 0 aliphatic carbocycles. The van der Waals surface area contributed by atoms with Crippen LogP contribution in [0.5, 0.6) is 0 Å². The molecule has 0 aromatic carbocycles. The van der Waals surface area contributed by atoms with Crippen molar-refractivity contribution in [3.8, 4) is 0 Å². The van der Waals surface area contributed by atoms with Crippen LogP contribution in [0.4, 0.5) is 0 Å². The van der Waals surface area contributed by atoms with Gasteiger partial charge in [-0.3, -0.25) is 9.69 Å². The molecule has 0 saturated carbocycles. The van der Waals surface area contributed by atoms with Crippen LogP contribution < -0.4 is 0 Å². The monoisotopic (exact) mass is 227 g/mol. The SMILES string of the molecule is C=CCOC(=O)[C@@](C)(CC=O)N(C)CC=O. The predicted octanol–water partition coefficient (Wildman–Crippen LogP) is 0.194. The molecule has 0 amide bonds. The van der Waals surface area contributed by atoms with E-state index in [1.165, 1.54) is 11.0 Å². The molecule has 0 aliphatic heterocycles. The van der Waals surface area contributed by atoms with Crippen LogP contribution in [0, 0.1) is 0 Å². The molecule has 90 valence electrons. The summed E-state index contributed by atoms with van der Waals surface area (Å²) in [6.45, 7) is 5.14. The normalized spacial score (nSPS) is 13.9. The Morgan fingerprint density at radius 3 is 2.50 bits per heavy atom. The van der Waals surface area contributed by atoms with Crippen molar-refractivity contribution in [3.05, 3.63) is 12.7 Å². The van der Waals surface area contributed by atoms with Crippen LogP contribution in [0.25, 0.3) is 0 Å². The van der Waals surface area contributed by atoms with E-state index >= 15 is 0 Å². The molecule has 0 aliphatic rings. The molecule has 5 heteroatoms. The lowest BCUT2D eigenvalue weighted by atomic mass is 9.97. The van der Waals surface area contributed by atoms with Gasteiger partial charge in [-0.25, -0.2) is 0 Å². The van der Waals surface area contributed by atoms with Crippen LogP contribution in [-0.4, -0.2) is 49.2 Å². The number of carbonyl (C=O) groups excluding carboxylic acids is 3. The van der Waals surface area contributed by atoms with Gasteiger partial charge in [-0.15, -0.1) is 0 Å². The quantitative estimate of drug-likeness (QED) is 0.336. The van der Waals surface area contributed by atoms with Gasteiger partial charge in [0.25, 0.3) is 0 Å². The summed E-state index contributed by atoms with van der Waals surface area (Å²) in [5.74, 6) is -0.538. The largest absolute Gasteiger partial charge is 0.460 e. The molecule has 0 heterocycles. The molecule has 0 aromatic heterocycles. The Kier molecular flexibility index (Phi) is 6.25. The predicted molar refractivity (Wildman–Crippen MR) is 58.9 cm³/mol. The fraction of sp³-hybridized carbons (Fsp3) is 0.545. The van der Waals surface area contributed by atoms with Gasteiger partial charge in [-0.2, -0.15) is 0 Å². The van der Waals surface area contributed by atoms with E-state index in [1.54, 1.807) is 14.0 Å². The summed E-state index contributed by atoms with van der Waals surface area (Å²) in [7, 11) is 1.59. The van der Waals surface area contributed by atoms with Gasteiger partial charge in [0.15, 0.2) is 0 Å². The molecule has 0 rings (SSSR count). The average molecular weight is 227 g/mol. The first-order valence-corrected chi connectivity index (χ1v) is 4.89. The first-order valence-electron chi connectivity index (χ1n) is 4.89. The van der Waals surface area contributed by atoms with E-state index in [9.17, 15) is 14.4 Å². The van der Waals surface area contributed by atoms with Gasteiger partial charge >= 0.3 is 5.97 Å². The summed E-state index contributed by atoms with van der Waals surface area (Å²) in [6.07, 6.45) is 2.73. The number of hydrogen-bond acceptors (Lipinski definition) is 5. The molecule has 0 bridgehead atoms. The van der Waals surface area contributed by atoms with Crippen molar-refractivity contribution < 1.29 is 19.1 Å². The van der Waals surface area contributed by atoms with Gasteiger partial charge in [-0.05, 0) is 14.0 Å². The highest BCUT2D eigenvalue weighted by atomic mass is 16.5. The van der Waals surface area contributed by atoms with E-state index in [1.807, 2.05) is 0 Å². The smallest absolute Gasteiger partial charge is 0.327 e. The molecular weight excluding hydrogens is 210 g/mol. The number of carbonyl (C=O) groups is 3. The van der Waals surface area contributed by atoms with Crippen molar-refractivity contribution in [1.29, 1.82) is 0 Å². The Balaban J connectivity index is 4.76. The van der Waals surface area contributed by atoms with Crippen LogP contribution in [-0.2, 0) is 19.1 Å². The van der Waals surface area contributed by atoms with Gasteiger partial charge in [0.05, 0.1) is 6.54 Å². The maximum Gasteiger partial charge on any atom is 0.327 e. The summed E-state index contributed by atoms with van der Waals surface area (Å²) < 4.78 is 4.90. The second-order valence-electron chi connectivity index (χ2n) is 3.58. The Morgan fingerprint density at radius 1 is 1.44 bits per heavy atom. The molecule has 0 aromatic rings. The maximum atomic E-state index is 11.7. The summed E-state index contributed by atoms with van der Waals surface area (Å²) in [4.78, 5) is 34.2. The van der Waals surface area contributed by atoms with Crippen LogP contribution in [0.2, 0.25) is 0 Å². The minimum absolute atomic E-state index is 0.0205. The van der Waals surface area contributed by atoms with Gasteiger partial charge in [0, 0.05) is 6.42 Å². The first-order chi connectivity index (χ1) is 7.52. The van der Waals surface area contributed by atoms with Crippen molar-refractivity contribution >= 4 is 18.5 Å². The van der Waals surface area contributed by atoms with E-state index < -0.39 is 11.5 Å². The fourth-order valence-corrected chi connectivity index (χ4v) is 1.16. The highest BCUT2D eigenvalue weighted by Gasteiger charge is 2.38. The molecule has 0 fully saturated rings. The molecular formula is C11H17NO4. The van der Waals surface area contributed by atoms with E-state index in [-0.39, 0.29) is 19.6 Å². The van der Waals surface area contributed by atoms with Gasteiger partial charge in [0.1, 0.15) is 24.7 Å². The minimum atomic E-state index is -1.11. The number of rotatable bonds is 8. The van der Waals surface area contributed by atoms with E-state index in [4.69, 9.17) is 4.74 Å². The topological polar surface area (TPSA) is 63.7 Å². The third kappa shape index (κ3) is 3.58. The summed E-state index contributed by atoms with van der Waals surface area (Å²) in [5, 5.41) is 0. The van der Waals surface area contributed by atoms with Gasteiger partial charge in [-0.1, -0.05) is 12.7 Å². The molecule has 0 N–H and O–H groups in total. The third-order valence-electron chi connectivity index (χ3n) is 2.44. The van der Waals surface area contributed by atoms with Crippen LogP contribution in [0.15, 0.2) is 12.7 Å². The Bertz CT molecular complexity index is 277. The van der Waals surface area contributed by atoms with E-state index in [0.717, 1.165) is 0 Å². The van der Waals surface area contributed by atoms with Crippen LogP contribution in [0.3, 0.4) is 0 Å². The fourth-order valence-electron chi connectivity index (χ4n) is 1.16. The Morgan fingerprint density at radius 2 is 2.06 bits per heavy atom. The highest BCUT2D eigenvalue weighted by molar-refractivity contribution is 5.83. The zero-order valence-corrected chi connectivity index (χ0v) is 9.64. The highest BCUT2D eigenvalue weighted by Crippen LogP contribution is 2.18. The standard InChI is InChI=1S/C11H17NO4/c1-4-9-16-10(15)11(2,5-7-13)12(3)6-8-14/h4,7-8H,1,5-6,9H2,2-3H3/t11-/m1/s1. The molecule has 16 heavy (non-hydrogen) atoms. The average Bonchev–Trinajstić information content (AvgIpc) is 2.26. The molecule has 0 saturated heterocycles. The van der Waals surface area contributed by atoms with E-state index in [2.05, 4.69) is 6.58 Å². The van der Waals surface area contributed by atoms with Crippen LogP contribution >= 0.6 is 0 Å². The molecule has 0 radical (unpaired) electrons. The number of esters is 1. The third-order valence-corrected chi connectivity index (χ3v) is 2.44. The maximum absolute atomic E-state index is 11.7. The van der Waals surface area contributed by atoms with Crippen molar-refractivity contribution in [2.75, 3.05) is 20.2 Å². The summed E-state index contributed by atoms with van der Waals surface area (Å²) in [5.41, 5.74) is -1.11. The van der Waals surface area contributed by atoms with Crippen molar-refractivity contribution in [2.45, 2.75) is 18.9 Å². The minimum Gasteiger partial charge on any atom is -0.460 e. The molecule has 0 unspecified atom stereocenters. The lowest BCUT2D eigenvalue weighted by Crippen LogP contribution is -2.52. The van der Waals surface area contributed by atoms with Crippen molar-refractivity contribution in [2.24, 2.45) is 0 Å². The molecule has 0 spiro atoms. The second-order valence-corrected chi connectivity index (χ2v) is 3.58. The lowest BCUT2D eigenvalue weighted by Gasteiger charge is -2.33. The summed E-state index contributed by atoms with van der Waals surface area (Å²) in [6, 6.07) is 0. The number of aldehydes is 2. The summed E-state index contributed by atoms with van der Waals surface area (Å²) >= 11 is 0. The number of nitrogens with zero attached hydrogens (tertiary/aromatic N) is 1. The number of ether oxygens (including phenoxy) is 1. The molecule has 5 nitrogen and oxygen atoms in total. The number of hydrogen-bond donors (Lipinski definition) is 0. The second kappa shape index (κ2) is 6.90. The lowest BCUT2D eigenvalue weighted by molar-refractivity contribution is -0.156. The zero-order chi connectivity index (χ0) is 12.6. The van der Waals surface area contributed by atoms with Crippen molar-refractivity contribution in [3.63, 3.8) is 0 Å². The van der Waals surface area contributed by atoms with Crippen LogP contribution in [0.1, 0.15) is 13.3 Å². The van der Waals surface area contributed by atoms with Gasteiger partial charge < -0.3 is 14.3 Å². The first kappa shape index (κ1) is 14.5. The Labute approximate surface area is 95.1 Å². The van der Waals surface area contributed by atoms with E-state index in [0.29, 0.717) is 12.6 Å². The zero-order valence-electron chi connectivity index (χ0n) is 9.64. The Hall–Kier alpha value is -1.49. The molecule has 1 atom stereocenters.